The molecule has 2 aromatic carbocycles. The zero-order chi connectivity index (χ0) is 26.1. The van der Waals surface area contributed by atoms with Crippen molar-refractivity contribution in [3.63, 3.8) is 0 Å². The van der Waals surface area contributed by atoms with E-state index < -0.39 is 17.7 Å². The molecule has 0 aliphatic carbocycles. The van der Waals surface area contributed by atoms with Crippen molar-refractivity contribution in [2.45, 2.75) is 52.0 Å². The third-order valence-corrected chi connectivity index (χ3v) is 6.64. The van der Waals surface area contributed by atoms with Gasteiger partial charge >= 0.3 is 0 Å². The summed E-state index contributed by atoms with van der Waals surface area (Å²) in [4.78, 5) is 30.3. The van der Waals surface area contributed by atoms with Crippen molar-refractivity contribution in [3.8, 4) is 11.5 Å². The van der Waals surface area contributed by atoms with Crippen LogP contribution in [0.25, 0.3) is 5.76 Å². The highest BCUT2D eigenvalue weighted by Gasteiger charge is 2.45. The molecule has 3 rings (SSSR count). The number of hydrogen-bond donors (Lipinski definition) is 2. The van der Waals surface area contributed by atoms with E-state index in [1.807, 2.05) is 0 Å². The fourth-order valence-electron chi connectivity index (χ4n) is 4.58. The van der Waals surface area contributed by atoms with Crippen molar-refractivity contribution >= 4 is 17.4 Å². The van der Waals surface area contributed by atoms with Gasteiger partial charge < -0.3 is 24.7 Å². The molecule has 194 valence electrons. The van der Waals surface area contributed by atoms with Crippen LogP contribution in [0.3, 0.4) is 0 Å². The number of rotatable bonds is 13. The summed E-state index contributed by atoms with van der Waals surface area (Å²) < 4.78 is 5.19. The number of hydrogen-bond acceptors (Lipinski definition) is 6. The van der Waals surface area contributed by atoms with Crippen molar-refractivity contribution in [2.75, 3.05) is 33.3 Å². The fraction of sp³-hybridized carbons (Fsp3) is 0.448. The monoisotopic (exact) mass is 494 g/mol. The van der Waals surface area contributed by atoms with E-state index in [-0.39, 0.29) is 17.1 Å². The van der Waals surface area contributed by atoms with Gasteiger partial charge in [-0.2, -0.15) is 0 Å². The number of nitrogens with zero attached hydrogens (tertiary/aromatic N) is 2. The van der Waals surface area contributed by atoms with Crippen LogP contribution in [0.15, 0.2) is 54.1 Å². The zero-order valence-electron chi connectivity index (χ0n) is 21.6. The first-order chi connectivity index (χ1) is 17.4. The van der Waals surface area contributed by atoms with Gasteiger partial charge in [0.15, 0.2) is 0 Å². The van der Waals surface area contributed by atoms with Crippen LogP contribution in [-0.4, -0.2) is 65.0 Å². The molecule has 0 aromatic heterocycles. The summed E-state index contributed by atoms with van der Waals surface area (Å²) in [5.74, 6) is -0.817. The van der Waals surface area contributed by atoms with Gasteiger partial charge in [0.25, 0.3) is 11.7 Å². The molecule has 1 fully saturated rings. The molecule has 1 unspecified atom stereocenters. The van der Waals surface area contributed by atoms with Gasteiger partial charge in [-0.3, -0.25) is 9.59 Å². The average molecular weight is 495 g/mol. The predicted molar refractivity (Wildman–Crippen MR) is 141 cm³/mol. The first kappa shape index (κ1) is 27.3. The average Bonchev–Trinajstić information content (AvgIpc) is 3.15. The van der Waals surface area contributed by atoms with Gasteiger partial charge in [0.05, 0.1) is 18.7 Å². The second kappa shape index (κ2) is 13.1. The Morgan fingerprint density at radius 2 is 1.50 bits per heavy atom. The topological polar surface area (TPSA) is 90.3 Å². The number of Topliss-reactive ketones (excluding diaryl/α,β-unsaturated/α-hetero) is 1. The molecule has 1 saturated heterocycles. The van der Waals surface area contributed by atoms with E-state index in [2.05, 4.69) is 18.7 Å². The van der Waals surface area contributed by atoms with E-state index in [1.54, 1.807) is 48.4 Å². The maximum Gasteiger partial charge on any atom is 0.295 e. The lowest BCUT2D eigenvalue weighted by Gasteiger charge is -2.27. The molecular formula is C29H38N2O5. The van der Waals surface area contributed by atoms with Gasteiger partial charge in [0.1, 0.15) is 17.3 Å². The molecule has 1 aliphatic rings. The summed E-state index contributed by atoms with van der Waals surface area (Å²) in [6, 6.07) is 12.4. The van der Waals surface area contributed by atoms with Gasteiger partial charge in [-0.05, 0) is 80.9 Å². The normalized spacial score (nSPS) is 17.2. The molecule has 36 heavy (non-hydrogen) atoms. The van der Waals surface area contributed by atoms with Crippen LogP contribution < -0.4 is 4.74 Å². The van der Waals surface area contributed by atoms with Crippen LogP contribution in [0.4, 0.5) is 0 Å². The maximum absolute atomic E-state index is 13.2. The third-order valence-electron chi connectivity index (χ3n) is 6.64. The Morgan fingerprint density at radius 3 is 2.06 bits per heavy atom. The Balaban J connectivity index is 1.90. The smallest absolute Gasteiger partial charge is 0.295 e. The van der Waals surface area contributed by atoms with Crippen molar-refractivity contribution < 1.29 is 24.5 Å². The molecule has 1 heterocycles. The highest BCUT2D eigenvalue weighted by molar-refractivity contribution is 6.46. The highest BCUT2D eigenvalue weighted by Crippen LogP contribution is 2.40. The van der Waals surface area contributed by atoms with E-state index in [0.717, 1.165) is 51.7 Å². The molecular weight excluding hydrogens is 456 g/mol. The van der Waals surface area contributed by atoms with Crippen LogP contribution in [0.1, 0.15) is 63.1 Å². The summed E-state index contributed by atoms with van der Waals surface area (Å²) in [6.07, 6.45) is 5.23. The summed E-state index contributed by atoms with van der Waals surface area (Å²) in [5.41, 5.74) is 1.16. The number of likely N-dealkylation sites (tertiary alicyclic amines) is 1. The lowest BCUT2D eigenvalue weighted by atomic mass is 9.95. The minimum atomic E-state index is -0.729. The summed E-state index contributed by atoms with van der Waals surface area (Å²) >= 11 is 0. The van der Waals surface area contributed by atoms with Gasteiger partial charge in [-0.15, -0.1) is 0 Å². The van der Waals surface area contributed by atoms with E-state index >= 15 is 0 Å². The number of methoxy groups -OCH3 is 1. The first-order valence-electron chi connectivity index (χ1n) is 12.8. The Morgan fingerprint density at radius 1 is 0.917 bits per heavy atom. The number of phenols is 1. The van der Waals surface area contributed by atoms with Crippen LogP contribution >= 0.6 is 0 Å². The number of amides is 1. The molecule has 0 radical (unpaired) electrons. The number of aliphatic hydroxyl groups excluding tert-OH is 1. The summed E-state index contributed by atoms with van der Waals surface area (Å²) in [7, 11) is 1.55. The minimum Gasteiger partial charge on any atom is -0.508 e. The highest BCUT2D eigenvalue weighted by atomic mass is 16.5. The Hall–Kier alpha value is -3.32. The van der Waals surface area contributed by atoms with Crippen molar-refractivity contribution in [1.82, 2.24) is 9.80 Å². The van der Waals surface area contributed by atoms with Gasteiger partial charge in [-0.1, -0.05) is 38.8 Å². The molecule has 0 saturated carbocycles. The number of ether oxygens (including phenoxy) is 1. The molecule has 7 heteroatoms. The standard InChI is InChI=1S/C29H38N2O5/c1-4-6-17-30(18-7-5-2)19-8-20-31-26(21-9-13-23(32)14-10-21)25(28(34)29(31)35)27(33)22-11-15-24(36-3)16-12-22/h9-16,26,32-33H,4-8,17-20H2,1-3H3/b27-25+. The number of unbranched alkanes of at least 4 members (excludes halogenated alkanes) is 2. The molecule has 0 spiro atoms. The maximum atomic E-state index is 13.2. The lowest BCUT2D eigenvalue weighted by molar-refractivity contribution is -0.140. The molecule has 7 nitrogen and oxygen atoms in total. The Labute approximate surface area is 214 Å². The number of aromatic hydroxyl groups is 1. The van der Waals surface area contributed by atoms with Crippen LogP contribution in [0, 0.1) is 0 Å². The second-order valence-electron chi connectivity index (χ2n) is 9.21. The molecule has 1 aliphatic heterocycles. The van der Waals surface area contributed by atoms with Gasteiger partial charge in [0, 0.05) is 12.1 Å². The minimum absolute atomic E-state index is 0.0599. The third kappa shape index (κ3) is 6.46. The van der Waals surface area contributed by atoms with Gasteiger partial charge in [0.2, 0.25) is 0 Å². The van der Waals surface area contributed by atoms with Crippen molar-refractivity contribution in [3.05, 3.63) is 65.2 Å². The molecule has 2 aromatic rings. The molecule has 1 amide bonds. The number of carbonyl (C=O) groups excluding carboxylic acids is 2. The van der Waals surface area contributed by atoms with Crippen molar-refractivity contribution in [1.29, 1.82) is 0 Å². The van der Waals surface area contributed by atoms with E-state index in [9.17, 15) is 19.8 Å². The fourth-order valence-corrected chi connectivity index (χ4v) is 4.58. The Bertz CT molecular complexity index is 1040. The zero-order valence-corrected chi connectivity index (χ0v) is 21.6. The second-order valence-corrected chi connectivity index (χ2v) is 9.21. The number of carbonyl (C=O) groups is 2. The van der Waals surface area contributed by atoms with E-state index in [4.69, 9.17) is 4.74 Å². The number of benzene rings is 2. The first-order valence-corrected chi connectivity index (χ1v) is 12.8. The number of phenolic OH excluding ortho intramolecular Hbond substituents is 1. The largest absolute Gasteiger partial charge is 0.508 e. The summed E-state index contributed by atoms with van der Waals surface area (Å²) in [6.45, 7) is 7.63. The molecule has 2 N–H and O–H groups in total. The predicted octanol–water partition coefficient (Wildman–Crippen LogP) is 5.11. The quantitative estimate of drug-likeness (QED) is 0.228. The van der Waals surface area contributed by atoms with Gasteiger partial charge in [-0.25, -0.2) is 0 Å². The van der Waals surface area contributed by atoms with E-state index in [1.165, 1.54) is 12.1 Å². The number of ketones is 1. The molecule has 1 atom stereocenters. The van der Waals surface area contributed by atoms with Crippen LogP contribution in [0.2, 0.25) is 0 Å². The SMILES string of the molecule is CCCCN(CCCC)CCCN1C(=O)C(=O)/C(=C(/O)c2ccc(OC)cc2)C1c1ccc(O)cc1. The molecule has 0 bridgehead atoms. The van der Waals surface area contributed by atoms with E-state index in [0.29, 0.717) is 23.4 Å². The number of aliphatic hydroxyl groups is 1. The Kier molecular flexibility index (Phi) is 9.94. The van der Waals surface area contributed by atoms with Crippen LogP contribution in [-0.2, 0) is 9.59 Å². The van der Waals surface area contributed by atoms with Crippen molar-refractivity contribution in [2.24, 2.45) is 0 Å². The lowest BCUT2D eigenvalue weighted by Crippen LogP contribution is -2.34. The summed E-state index contributed by atoms with van der Waals surface area (Å²) in [5, 5.41) is 21.0. The van der Waals surface area contributed by atoms with Crippen LogP contribution in [0.5, 0.6) is 11.5 Å².